The third-order valence-electron chi connectivity index (χ3n) is 12.2. The van der Waals surface area contributed by atoms with Gasteiger partial charge in [-0.15, -0.1) is 0 Å². The van der Waals surface area contributed by atoms with Crippen molar-refractivity contribution < 1.29 is 48.3 Å². The van der Waals surface area contributed by atoms with Crippen molar-refractivity contribution in [2.24, 2.45) is 0 Å². The molecule has 0 spiro atoms. The minimum atomic E-state index is -4.63. The molecule has 4 nitrogen and oxygen atoms in total. The average Bonchev–Trinajstić information content (AvgIpc) is 3.88. The molecule has 67 heavy (non-hydrogen) atoms. The summed E-state index contributed by atoms with van der Waals surface area (Å²) in [5.74, 6) is 0. The zero-order valence-electron chi connectivity index (χ0n) is 34.8. The SMILES string of the molecule is Cc1ccc(N(c2ccc(C(F)(F)F)cc2)c2cc3oc4c(ccc5oc6cc(N(c7ccc(C(F)(F)F)cc7)c7ccc(C(F)(F)F)cc7)c7ccccc7c6c54)c3c3ccccc23)cc1. The van der Waals surface area contributed by atoms with Crippen molar-refractivity contribution >= 4 is 99.5 Å². The second-order valence-electron chi connectivity index (χ2n) is 16.3. The Morgan fingerprint density at radius 2 is 0.716 bits per heavy atom. The molecule has 0 fully saturated rings. The van der Waals surface area contributed by atoms with E-state index in [4.69, 9.17) is 8.83 Å². The summed E-state index contributed by atoms with van der Waals surface area (Å²) >= 11 is 0. The Balaban J connectivity index is 1.15. The normalized spacial score (nSPS) is 12.6. The van der Waals surface area contributed by atoms with E-state index in [0.717, 1.165) is 63.5 Å². The van der Waals surface area contributed by atoms with Crippen LogP contribution in [-0.4, -0.2) is 0 Å². The molecule has 0 radical (unpaired) electrons. The molecule has 0 saturated carbocycles. The van der Waals surface area contributed by atoms with Gasteiger partial charge in [0.2, 0.25) is 0 Å². The Kier molecular flexibility index (Phi) is 9.38. The fourth-order valence-corrected chi connectivity index (χ4v) is 9.09. The monoisotopic (exact) mass is 910 g/mol. The van der Waals surface area contributed by atoms with Crippen LogP contribution in [0.5, 0.6) is 0 Å². The van der Waals surface area contributed by atoms with Crippen LogP contribution in [0.4, 0.5) is 73.6 Å². The number of anilines is 6. The van der Waals surface area contributed by atoms with Gasteiger partial charge in [-0.3, -0.25) is 0 Å². The second kappa shape index (κ2) is 15.1. The predicted molar refractivity (Wildman–Crippen MR) is 245 cm³/mol. The van der Waals surface area contributed by atoms with Crippen molar-refractivity contribution in [2.75, 3.05) is 9.80 Å². The summed E-state index contributed by atoms with van der Waals surface area (Å²) in [5.41, 5.74) is 3.04. The number of benzene rings is 9. The summed E-state index contributed by atoms with van der Waals surface area (Å²) in [5, 5.41) is 5.75. The van der Waals surface area contributed by atoms with Gasteiger partial charge in [-0.05, 0) is 115 Å². The van der Waals surface area contributed by atoms with Crippen LogP contribution in [-0.2, 0) is 18.5 Å². The van der Waals surface area contributed by atoms with E-state index in [9.17, 15) is 39.5 Å². The second-order valence-corrected chi connectivity index (χ2v) is 16.3. The van der Waals surface area contributed by atoms with Crippen LogP contribution < -0.4 is 9.80 Å². The van der Waals surface area contributed by atoms with E-state index in [1.165, 1.54) is 36.4 Å². The van der Waals surface area contributed by atoms with Crippen molar-refractivity contribution in [3.63, 3.8) is 0 Å². The van der Waals surface area contributed by atoms with E-state index in [0.29, 0.717) is 66.6 Å². The average molecular weight is 911 g/mol. The lowest BCUT2D eigenvalue weighted by Gasteiger charge is -2.27. The standard InChI is InChI=1S/C54H31F9N2O2/c1-30-10-18-34(19-11-30)64(35-20-12-31(13-21-35)52(55,56)57)43-28-46-48(40-8-4-2-6-38(40)43)42-26-27-45-50(51(42)67-46)49-41-9-5-3-7-39(41)44(29-47(49)66-45)65(36-22-14-32(15-23-36)53(58,59)60)37-24-16-33(17-25-37)54(61,62)63/h2-29H,1H3. The van der Waals surface area contributed by atoms with Crippen molar-refractivity contribution in [1.29, 1.82) is 0 Å². The molecule has 11 rings (SSSR count). The maximum Gasteiger partial charge on any atom is 0.416 e. The Hall–Kier alpha value is -7.93. The van der Waals surface area contributed by atoms with Crippen molar-refractivity contribution in [3.8, 4) is 0 Å². The topological polar surface area (TPSA) is 32.8 Å². The molecule has 13 heteroatoms. The van der Waals surface area contributed by atoms with Gasteiger partial charge in [0.25, 0.3) is 0 Å². The lowest BCUT2D eigenvalue weighted by molar-refractivity contribution is -0.138. The molecule has 332 valence electrons. The fraction of sp³-hybridized carbons (Fsp3) is 0.0741. The van der Waals surface area contributed by atoms with Crippen LogP contribution in [0, 0.1) is 6.92 Å². The highest BCUT2D eigenvalue weighted by molar-refractivity contribution is 6.32. The molecule has 2 aromatic heterocycles. The maximum atomic E-state index is 13.8. The number of alkyl halides is 9. The van der Waals surface area contributed by atoms with Gasteiger partial charge < -0.3 is 18.6 Å². The Morgan fingerprint density at radius 3 is 1.13 bits per heavy atom. The number of hydrogen-bond acceptors (Lipinski definition) is 4. The van der Waals surface area contributed by atoms with E-state index in [1.807, 2.05) is 96.8 Å². The summed E-state index contributed by atoms with van der Waals surface area (Å²) < 4.78 is 137. The number of halogens is 9. The van der Waals surface area contributed by atoms with Crippen LogP contribution in [0.25, 0.3) is 65.4 Å². The van der Waals surface area contributed by atoms with Crippen LogP contribution in [0.1, 0.15) is 22.3 Å². The van der Waals surface area contributed by atoms with Gasteiger partial charge in [0.1, 0.15) is 22.3 Å². The molecular formula is C54H31F9N2O2. The fourth-order valence-electron chi connectivity index (χ4n) is 9.09. The maximum absolute atomic E-state index is 13.8. The van der Waals surface area contributed by atoms with Crippen LogP contribution in [0.2, 0.25) is 0 Å². The molecule has 0 N–H and O–H groups in total. The quantitative estimate of drug-likeness (QED) is 0.156. The van der Waals surface area contributed by atoms with Gasteiger partial charge in [-0.25, -0.2) is 0 Å². The molecule has 0 amide bonds. The molecule has 0 bridgehead atoms. The van der Waals surface area contributed by atoms with Gasteiger partial charge in [0, 0.05) is 61.8 Å². The largest absolute Gasteiger partial charge is 0.456 e. The predicted octanol–water partition coefficient (Wildman–Crippen LogP) is 18.1. The van der Waals surface area contributed by atoms with Gasteiger partial charge in [0.05, 0.1) is 33.5 Å². The smallest absolute Gasteiger partial charge is 0.416 e. The first-order chi connectivity index (χ1) is 32.0. The zero-order chi connectivity index (χ0) is 46.6. The van der Waals surface area contributed by atoms with Gasteiger partial charge in [-0.2, -0.15) is 39.5 Å². The third-order valence-corrected chi connectivity index (χ3v) is 12.2. The first-order valence-electron chi connectivity index (χ1n) is 20.9. The number of aryl methyl sites for hydroxylation is 1. The van der Waals surface area contributed by atoms with Gasteiger partial charge in [0.15, 0.2) is 0 Å². The number of fused-ring (bicyclic) bond motifs is 11. The first-order valence-corrected chi connectivity index (χ1v) is 20.9. The van der Waals surface area contributed by atoms with E-state index in [2.05, 4.69) is 0 Å². The summed E-state index contributed by atoms with van der Waals surface area (Å²) in [6.07, 6.45) is -13.8. The minimum absolute atomic E-state index is 0.256. The lowest BCUT2D eigenvalue weighted by Crippen LogP contribution is -2.12. The lowest BCUT2D eigenvalue weighted by atomic mass is 9.98. The Bertz CT molecular complexity index is 3640. The van der Waals surface area contributed by atoms with E-state index < -0.39 is 35.2 Å². The van der Waals surface area contributed by atoms with E-state index in [1.54, 1.807) is 17.0 Å². The first kappa shape index (κ1) is 41.8. The van der Waals surface area contributed by atoms with Crippen molar-refractivity contribution in [1.82, 2.24) is 0 Å². The molecule has 0 saturated heterocycles. The van der Waals surface area contributed by atoms with Crippen molar-refractivity contribution in [2.45, 2.75) is 25.5 Å². The van der Waals surface area contributed by atoms with E-state index in [-0.39, 0.29) is 11.4 Å². The summed E-state index contributed by atoms with van der Waals surface area (Å²) in [4.78, 5) is 3.49. The molecular weight excluding hydrogens is 880 g/mol. The highest BCUT2D eigenvalue weighted by atomic mass is 19.4. The molecule has 9 aromatic carbocycles. The molecule has 0 atom stereocenters. The number of nitrogens with zero attached hydrogens (tertiary/aromatic N) is 2. The van der Waals surface area contributed by atoms with Crippen molar-refractivity contribution in [3.05, 3.63) is 192 Å². The molecule has 0 aliphatic rings. The van der Waals surface area contributed by atoms with Crippen LogP contribution in [0.3, 0.4) is 0 Å². The summed E-state index contributed by atoms with van der Waals surface area (Å²) in [6.45, 7) is 1.95. The third kappa shape index (κ3) is 7.04. The highest BCUT2D eigenvalue weighted by Crippen LogP contribution is 2.50. The van der Waals surface area contributed by atoms with Crippen LogP contribution in [0.15, 0.2) is 179 Å². The minimum Gasteiger partial charge on any atom is -0.456 e. The summed E-state index contributed by atoms with van der Waals surface area (Å²) in [7, 11) is 0. The molecule has 2 heterocycles. The van der Waals surface area contributed by atoms with Gasteiger partial charge >= 0.3 is 18.5 Å². The Labute approximate surface area is 374 Å². The number of rotatable bonds is 6. The molecule has 0 unspecified atom stereocenters. The molecule has 0 aliphatic heterocycles. The molecule has 0 aliphatic carbocycles. The summed E-state index contributed by atoms with van der Waals surface area (Å²) in [6, 6.07) is 43.8. The highest BCUT2D eigenvalue weighted by Gasteiger charge is 2.33. The van der Waals surface area contributed by atoms with Crippen LogP contribution >= 0.6 is 0 Å². The van der Waals surface area contributed by atoms with E-state index >= 15 is 0 Å². The number of furan rings is 2. The number of hydrogen-bond donors (Lipinski definition) is 0. The molecule has 11 aromatic rings. The van der Waals surface area contributed by atoms with Gasteiger partial charge in [-0.1, -0.05) is 66.2 Å². The Morgan fingerprint density at radius 1 is 0.343 bits per heavy atom. The zero-order valence-corrected chi connectivity index (χ0v) is 34.8.